The monoisotopic (exact) mass is 375 g/mol. The highest BCUT2D eigenvalue weighted by Crippen LogP contribution is 2.31. The fourth-order valence-corrected chi connectivity index (χ4v) is 3.46. The molecule has 0 fully saturated rings. The van der Waals surface area contributed by atoms with E-state index in [2.05, 4.69) is 15.7 Å². The van der Waals surface area contributed by atoms with Crippen LogP contribution in [0.25, 0.3) is 5.69 Å². The summed E-state index contributed by atoms with van der Waals surface area (Å²) in [6.07, 6.45) is 3.82. The number of carbonyl (C=O) groups excluding carboxylic acids is 2. The quantitative estimate of drug-likeness (QED) is 0.735. The second kappa shape index (κ2) is 7.56. The molecule has 1 aliphatic heterocycles. The summed E-state index contributed by atoms with van der Waals surface area (Å²) >= 11 is 0. The molecule has 0 spiro atoms. The molecule has 7 heteroatoms. The number of nitrogens with zero attached hydrogens (tertiary/aromatic N) is 3. The number of para-hydroxylation sites is 4. The third-order valence-electron chi connectivity index (χ3n) is 4.71. The van der Waals surface area contributed by atoms with E-state index in [0.29, 0.717) is 11.4 Å². The molecule has 1 atom stereocenters. The van der Waals surface area contributed by atoms with Crippen LogP contribution in [0.1, 0.15) is 13.3 Å². The van der Waals surface area contributed by atoms with Gasteiger partial charge in [-0.2, -0.15) is 5.10 Å². The maximum absolute atomic E-state index is 13.1. The van der Waals surface area contributed by atoms with Gasteiger partial charge in [0.2, 0.25) is 11.8 Å². The van der Waals surface area contributed by atoms with Gasteiger partial charge in [0.05, 0.1) is 29.3 Å². The molecular formula is C21H21N5O2. The van der Waals surface area contributed by atoms with Crippen molar-refractivity contribution in [1.82, 2.24) is 9.78 Å². The van der Waals surface area contributed by atoms with Crippen molar-refractivity contribution in [3.8, 4) is 5.69 Å². The van der Waals surface area contributed by atoms with E-state index in [4.69, 9.17) is 0 Å². The zero-order valence-electron chi connectivity index (χ0n) is 15.5. The van der Waals surface area contributed by atoms with Crippen LogP contribution in [0.5, 0.6) is 0 Å². The first-order valence-corrected chi connectivity index (χ1v) is 9.17. The van der Waals surface area contributed by atoms with Gasteiger partial charge < -0.3 is 15.5 Å². The van der Waals surface area contributed by atoms with Crippen molar-refractivity contribution in [2.45, 2.75) is 19.4 Å². The summed E-state index contributed by atoms with van der Waals surface area (Å²) in [6, 6.07) is 16.7. The van der Waals surface area contributed by atoms with Gasteiger partial charge in [-0.1, -0.05) is 24.3 Å². The number of nitrogens with one attached hydrogen (secondary N) is 2. The third-order valence-corrected chi connectivity index (χ3v) is 4.71. The normalized spacial score (nSPS) is 16.1. The SMILES string of the molecule is CC1CC(=O)Nc2ccccc2N1C(=O)CNc1ccccc1-n1cccn1. The summed E-state index contributed by atoms with van der Waals surface area (Å²) in [4.78, 5) is 26.9. The summed E-state index contributed by atoms with van der Waals surface area (Å²) in [5, 5.41) is 10.4. The second-order valence-corrected chi connectivity index (χ2v) is 6.70. The summed E-state index contributed by atoms with van der Waals surface area (Å²) in [6.45, 7) is 1.99. The number of fused-ring (bicyclic) bond motifs is 1. The van der Waals surface area contributed by atoms with Crippen LogP contribution in [0.15, 0.2) is 67.0 Å². The molecule has 3 aromatic rings. The summed E-state index contributed by atoms with van der Waals surface area (Å²) in [5.41, 5.74) is 3.04. The minimum atomic E-state index is -0.237. The Bertz CT molecular complexity index is 1000. The van der Waals surface area contributed by atoms with Gasteiger partial charge in [0, 0.05) is 24.9 Å². The number of amides is 2. The predicted molar refractivity (Wildman–Crippen MR) is 109 cm³/mol. The molecule has 1 aromatic heterocycles. The molecule has 1 unspecified atom stereocenters. The maximum Gasteiger partial charge on any atom is 0.246 e. The molecule has 2 N–H and O–H groups in total. The number of carbonyl (C=O) groups is 2. The Morgan fingerprint density at radius 2 is 1.89 bits per heavy atom. The second-order valence-electron chi connectivity index (χ2n) is 6.70. The van der Waals surface area contributed by atoms with E-state index >= 15 is 0 Å². The Labute approximate surface area is 163 Å². The highest BCUT2D eigenvalue weighted by molar-refractivity contribution is 6.05. The smallest absolute Gasteiger partial charge is 0.246 e. The average Bonchev–Trinajstić information content (AvgIpc) is 3.18. The minimum Gasteiger partial charge on any atom is -0.374 e. The zero-order chi connectivity index (χ0) is 19.5. The van der Waals surface area contributed by atoms with Crippen molar-refractivity contribution in [2.24, 2.45) is 0 Å². The molecule has 0 radical (unpaired) electrons. The molecule has 0 aliphatic carbocycles. The lowest BCUT2D eigenvalue weighted by Gasteiger charge is -2.28. The number of aromatic nitrogens is 2. The molecular weight excluding hydrogens is 354 g/mol. The largest absolute Gasteiger partial charge is 0.374 e. The van der Waals surface area contributed by atoms with Crippen LogP contribution in [-0.4, -0.2) is 34.2 Å². The number of hydrogen-bond donors (Lipinski definition) is 2. The van der Waals surface area contributed by atoms with Crippen LogP contribution in [0.2, 0.25) is 0 Å². The fraction of sp³-hybridized carbons (Fsp3) is 0.190. The first-order valence-electron chi connectivity index (χ1n) is 9.17. The van der Waals surface area contributed by atoms with Crippen LogP contribution in [-0.2, 0) is 9.59 Å². The lowest BCUT2D eigenvalue weighted by molar-refractivity contribution is -0.118. The van der Waals surface area contributed by atoms with Gasteiger partial charge in [-0.05, 0) is 37.3 Å². The Hall–Kier alpha value is -3.61. The Morgan fingerprint density at radius 3 is 2.68 bits per heavy atom. The fourth-order valence-electron chi connectivity index (χ4n) is 3.46. The Kier molecular flexibility index (Phi) is 4.80. The van der Waals surface area contributed by atoms with Gasteiger partial charge in [-0.15, -0.1) is 0 Å². The topological polar surface area (TPSA) is 79.3 Å². The highest BCUT2D eigenvalue weighted by Gasteiger charge is 2.29. The molecule has 1 aliphatic rings. The average molecular weight is 375 g/mol. The van der Waals surface area contributed by atoms with E-state index in [0.717, 1.165) is 11.4 Å². The van der Waals surface area contributed by atoms with Gasteiger partial charge in [0.25, 0.3) is 0 Å². The van der Waals surface area contributed by atoms with Gasteiger partial charge in [0.1, 0.15) is 0 Å². The summed E-state index contributed by atoms with van der Waals surface area (Å²) < 4.78 is 1.75. The predicted octanol–water partition coefficient (Wildman–Crippen LogP) is 3.05. The number of hydrogen-bond acceptors (Lipinski definition) is 4. The van der Waals surface area contributed by atoms with Gasteiger partial charge in [-0.25, -0.2) is 4.68 Å². The van der Waals surface area contributed by atoms with Gasteiger partial charge in [0.15, 0.2) is 0 Å². The van der Waals surface area contributed by atoms with Gasteiger partial charge >= 0.3 is 0 Å². The molecule has 142 valence electrons. The van der Waals surface area contributed by atoms with Crippen LogP contribution in [0, 0.1) is 0 Å². The first kappa shape index (κ1) is 17.8. The van der Waals surface area contributed by atoms with Gasteiger partial charge in [-0.3, -0.25) is 9.59 Å². The molecule has 4 rings (SSSR count). The molecule has 2 heterocycles. The van der Waals surface area contributed by atoms with E-state index in [1.54, 1.807) is 15.8 Å². The lowest BCUT2D eigenvalue weighted by atomic mass is 10.1. The molecule has 2 aromatic carbocycles. The number of anilines is 3. The summed E-state index contributed by atoms with van der Waals surface area (Å²) in [7, 11) is 0. The Morgan fingerprint density at radius 1 is 1.14 bits per heavy atom. The van der Waals surface area contributed by atoms with Crippen molar-refractivity contribution >= 4 is 28.9 Å². The molecule has 0 saturated carbocycles. The van der Waals surface area contributed by atoms with Crippen molar-refractivity contribution in [2.75, 3.05) is 22.1 Å². The van der Waals surface area contributed by atoms with Crippen LogP contribution in [0.4, 0.5) is 17.1 Å². The highest BCUT2D eigenvalue weighted by atomic mass is 16.2. The van der Waals surface area contributed by atoms with Crippen molar-refractivity contribution in [3.63, 3.8) is 0 Å². The maximum atomic E-state index is 13.1. The molecule has 28 heavy (non-hydrogen) atoms. The third kappa shape index (κ3) is 3.46. The van der Waals surface area contributed by atoms with Crippen molar-refractivity contribution in [3.05, 3.63) is 67.0 Å². The van der Waals surface area contributed by atoms with E-state index in [-0.39, 0.29) is 30.8 Å². The Balaban J connectivity index is 1.57. The van der Waals surface area contributed by atoms with Crippen molar-refractivity contribution < 1.29 is 9.59 Å². The van der Waals surface area contributed by atoms with Crippen LogP contribution in [0.3, 0.4) is 0 Å². The first-order chi connectivity index (χ1) is 13.6. The molecule has 0 saturated heterocycles. The minimum absolute atomic E-state index is 0.0905. The van der Waals surface area contributed by atoms with Crippen molar-refractivity contribution in [1.29, 1.82) is 0 Å². The van der Waals surface area contributed by atoms with Crippen LogP contribution >= 0.6 is 0 Å². The van der Waals surface area contributed by atoms with E-state index in [1.807, 2.05) is 67.7 Å². The molecule has 0 bridgehead atoms. The number of rotatable bonds is 4. The standard InChI is InChI=1S/C21H21N5O2/c1-15-13-20(27)24-17-8-3-5-10-19(17)26(15)21(28)14-22-16-7-2-4-9-18(16)25-12-6-11-23-25/h2-12,15,22H,13-14H2,1H3,(H,24,27). The molecule has 7 nitrogen and oxygen atoms in total. The number of benzene rings is 2. The molecule has 2 amide bonds. The van der Waals surface area contributed by atoms with Crippen LogP contribution < -0.4 is 15.5 Å². The lowest BCUT2D eigenvalue weighted by Crippen LogP contribution is -2.42. The van der Waals surface area contributed by atoms with E-state index < -0.39 is 0 Å². The van der Waals surface area contributed by atoms with E-state index in [9.17, 15) is 9.59 Å². The zero-order valence-corrected chi connectivity index (χ0v) is 15.5. The van der Waals surface area contributed by atoms with E-state index in [1.165, 1.54) is 0 Å². The summed E-state index contributed by atoms with van der Waals surface area (Å²) in [5.74, 6) is -0.195.